The van der Waals surface area contributed by atoms with E-state index in [1.807, 2.05) is 0 Å². The Kier molecular flexibility index (Phi) is 6.94. The number of hydrogen-bond donors (Lipinski definition) is 1. The molecule has 0 bridgehead atoms. The van der Waals surface area contributed by atoms with E-state index >= 15 is 0 Å². The van der Waals surface area contributed by atoms with Crippen molar-refractivity contribution >= 4 is 15.9 Å². The lowest BCUT2D eigenvalue weighted by Crippen LogP contribution is -2.37. The first-order chi connectivity index (χ1) is 9.01. The topological polar surface area (TPSA) is 12.0 Å². The quantitative estimate of drug-likeness (QED) is 0.714. The monoisotopic (exact) mass is 333 g/mol. The predicted molar refractivity (Wildman–Crippen MR) is 79.3 cm³/mol. The highest BCUT2D eigenvalue weighted by Gasteiger charge is 2.21. The second-order valence-electron chi connectivity index (χ2n) is 4.97. The van der Waals surface area contributed by atoms with Gasteiger partial charge in [-0.25, -0.2) is 8.78 Å². The molecule has 108 valence electrons. The molecule has 19 heavy (non-hydrogen) atoms. The van der Waals surface area contributed by atoms with Crippen molar-refractivity contribution in [3.8, 4) is 0 Å². The van der Waals surface area contributed by atoms with Crippen molar-refractivity contribution in [2.24, 2.45) is 5.92 Å². The van der Waals surface area contributed by atoms with Crippen LogP contribution in [0, 0.1) is 17.6 Å². The van der Waals surface area contributed by atoms with Gasteiger partial charge in [0.2, 0.25) is 0 Å². The Balaban J connectivity index is 2.92. The largest absolute Gasteiger partial charge is 0.313 e. The molecule has 1 rings (SSSR count). The number of benzene rings is 1. The molecule has 0 saturated carbocycles. The van der Waals surface area contributed by atoms with Crippen LogP contribution in [-0.4, -0.2) is 12.6 Å². The smallest absolute Gasteiger partial charge is 0.143 e. The summed E-state index contributed by atoms with van der Waals surface area (Å²) in [7, 11) is 0. The van der Waals surface area contributed by atoms with Gasteiger partial charge in [0.25, 0.3) is 0 Å². The van der Waals surface area contributed by atoms with Gasteiger partial charge in [-0.3, -0.25) is 0 Å². The highest BCUT2D eigenvalue weighted by Crippen LogP contribution is 2.24. The molecule has 2 atom stereocenters. The summed E-state index contributed by atoms with van der Waals surface area (Å²) in [5.41, 5.74) is 0.170. The van der Waals surface area contributed by atoms with Gasteiger partial charge in [0.15, 0.2) is 0 Å². The number of halogens is 3. The lowest BCUT2D eigenvalue weighted by molar-refractivity contribution is 0.356. The van der Waals surface area contributed by atoms with Crippen LogP contribution in [0.15, 0.2) is 16.6 Å². The van der Waals surface area contributed by atoms with Crippen LogP contribution in [0.1, 0.15) is 39.2 Å². The van der Waals surface area contributed by atoms with Gasteiger partial charge < -0.3 is 5.32 Å². The first-order valence-electron chi connectivity index (χ1n) is 6.86. The van der Waals surface area contributed by atoms with Gasteiger partial charge in [-0.05, 0) is 53.4 Å². The van der Waals surface area contributed by atoms with E-state index < -0.39 is 11.6 Å². The van der Waals surface area contributed by atoms with E-state index in [2.05, 4.69) is 42.0 Å². The molecule has 0 aliphatic rings. The predicted octanol–water partition coefficient (Wildman–Crippen LogP) is 4.68. The third-order valence-corrected chi connectivity index (χ3v) is 4.16. The van der Waals surface area contributed by atoms with E-state index in [4.69, 9.17) is 0 Å². The standard InChI is InChI=1S/C15H22BrF2N/c1-4-8-19-14(10(3)5-2)9-11-13(17)7-6-12(16)15(11)18/h6-7,10,14,19H,4-5,8-9H2,1-3H3. The molecule has 0 aliphatic heterocycles. The molecule has 0 radical (unpaired) electrons. The lowest BCUT2D eigenvalue weighted by atomic mass is 9.92. The van der Waals surface area contributed by atoms with Gasteiger partial charge in [-0.1, -0.05) is 27.2 Å². The number of hydrogen-bond acceptors (Lipinski definition) is 1. The first kappa shape index (κ1) is 16.6. The third-order valence-electron chi connectivity index (χ3n) is 3.55. The second kappa shape index (κ2) is 7.95. The van der Waals surface area contributed by atoms with E-state index in [1.165, 1.54) is 12.1 Å². The lowest BCUT2D eigenvalue weighted by Gasteiger charge is -2.25. The van der Waals surface area contributed by atoms with Crippen LogP contribution in [0.2, 0.25) is 0 Å². The zero-order valence-corrected chi connectivity index (χ0v) is 13.4. The maximum absolute atomic E-state index is 14.0. The van der Waals surface area contributed by atoms with Crippen LogP contribution in [0.5, 0.6) is 0 Å². The molecule has 2 unspecified atom stereocenters. The van der Waals surface area contributed by atoms with E-state index in [0.29, 0.717) is 16.8 Å². The van der Waals surface area contributed by atoms with Gasteiger partial charge in [0.05, 0.1) is 4.47 Å². The summed E-state index contributed by atoms with van der Waals surface area (Å²) >= 11 is 3.11. The van der Waals surface area contributed by atoms with E-state index in [9.17, 15) is 8.78 Å². The maximum Gasteiger partial charge on any atom is 0.143 e. The Labute approximate surface area is 122 Å². The highest BCUT2D eigenvalue weighted by atomic mass is 79.9. The summed E-state index contributed by atoms with van der Waals surface area (Å²) in [5.74, 6) is -0.566. The molecule has 0 fully saturated rings. The molecule has 0 heterocycles. The molecule has 0 aliphatic carbocycles. The maximum atomic E-state index is 14.0. The molecule has 4 heteroatoms. The Morgan fingerprint density at radius 1 is 1.26 bits per heavy atom. The molecule has 1 aromatic carbocycles. The average Bonchev–Trinajstić information content (AvgIpc) is 2.41. The minimum atomic E-state index is -0.480. The van der Waals surface area contributed by atoms with Crippen molar-refractivity contribution in [1.82, 2.24) is 5.32 Å². The van der Waals surface area contributed by atoms with Gasteiger partial charge in [-0.2, -0.15) is 0 Å². The van der Waals surface area contributed by atoms with Crippen molar-refractivity contribution in [3.05, 3.63) is 33.8 Å². The van der Waals surface area contributed by atoms with Gasteiger partial charge >= 0.3 is 0 Å². The normalized spacial score (nSPS) is 14.4. The summed E-state index contributed by atoms with van der Waals surface area (Å²) in [6.07, 6.45) is 2.38. The molecular weight excluding hydrogens is 312 g/mol. The Bertz CT molecular complexity index is 409. The Morgan fingerprint density at radius 2 is 1.95 bits per heavy atom. The fraction of sp³-hybridized carbons (Fsp3) is 0.600. The highest BCUT2D eigenvalue weighted by molar-refractivity contribution is 9.10. The molecule has 1 aromatic rings. The van der Waals surface area contributed by atoms with Crippen molar-refractivity contribution < 1.29 is 8.78 Å². The van der Waals surface area contributed by atoms with Crippen LogP contribution < -0.4 is 5.32 Å². The minimum Gasteiger partial charge on any atom is -0.313 e. The van der Waals surface area contributed by atoms with Crippen LogP contribution in [0.4, 0.5) is 8.78 Å². The van der Waals surface area contributed by atoms with Crippen molar-refractivity contribution in [3.63, 3.8) is 0 Å². The summed E-state index contributed by atoms with van der Waals surface area (Å²) in [6.45, 7) is 7.16. The van der Waals surface area contributed by atoms with Crippen molar-refractivity contribution in [1.29, 1.82) is 0 Å². The molecule has 0 saturated heterocycles. The fourth-order valence-electron chi connectivity index (χ4n) is 2.06. The van der Waals surface area contributed by atoms with Crippen LogP contribution >= 0.6 is 15.9 Å². The van der Waals surface area contributed by atoms with E-state index in [-0.39, 0.29) is 11.6 Å². The molecule has 0 aromatic heterocycles. The van der Waals surface area contributed by atoms with Gasteiger partial charge in [0.1, 0.15) is 11.6 Å². The van der Waals surface area contributed by atoms with Crippen molar-refractivity contribution in [2.45, 2.75) is 46.1 Å². The van der Waals surface area contributed by atoms with Gasteiger partial charge in [0, 0.05) is 11.6 Å². The van der Waals surface area contributed by atoms with Crippen LogP contribution in [-0.2, 0) is 6.42 Å². The average molecular weight is 334 g/mol. The number of rotatable bonds is 7. The molecular formula is C15H22BrF2N. The zero-order chi connectivity index (χ0) is 14.4. The molecule has 0 spiro atoms. The summed E-state index contributed by atoms with van der Waals surface area (Å²) in [4.78, 5) is 0. The summed E-state index contributed by atoms with van der Waals surface area (Å²) < 4.78 is 28.1. The SMILES string of the molecule is CCCNC(Cc1c(F)ccc(Br)c1F)C(C)CC. The number of nitrogens with one attached hydrogen (secondary N) is 1. The van der Waals surface area contributed by atoms with E-state index in [0.717, 1.165) is 19.4 Å². The van der Waals surface area contributed by atoms with Crippen LogP contribution in [0.3, 0.4) is 0 Å². The second-order valence-corrected chi connectivity index (χ2v) is 5.83. The summed E-state index contributed by atoms with van der Waals surface area (Å²) in [6, 6.07) is 2.82. The Hall–Kier alpha value is -0.480. The van der Waals surface area contributed by atoms with Gasteiger partial charge in [-0.15, -0.1) is 0 Å². The third kappa shape index (κ3) is 4.53. The summed E-state index contributed by atoms with van der Waals surface area (Å²) in [5, 5.41) is 3.39. The zero-order valence-electron chi connectivity index (χ0n) is 11.8. The van der Waals surface area contributed by atoms with Crippen LogP contribution in [0.25, 0.3) is 0 Å². The molecule has 1 nitrogen and oxygen atoms in total. The molecule has 1 N–H and O–H groups in total. The fourth-order valence-corrected chi connectivity index (χ4v) is 2.44. The molecule has 0 amide bonds. The van der Waals surface area contributed by atoms with Crippen molar-refractivity contribution in [2.75, 3.05) is 6.54 Å². The Morgan fingerprint density at radius 3 is 2.53 bits per heavy atom. The first-order valence-corrected chi connectivity index (χ1v) is 7.66. The minimum absolute atomic E-state index is 0.100. The van der Waals surface area contributed by atoms with E-state index in [1.54, 1.807) is 0 Å².